The molecule has 0 saturated carbocycles. The minimum absolute atomic E-state index is 0.174. The Labute approximate surface area is 120 Å². The summed E-state index contributed by atoms with van der Waals surface area (Å²) in [5, 5.41) is 8.84. The number of carboxylic acids is 1. The number of nitrogens with zero attached hydrogens (tertiary/aromatic N) is 1. The van der Waals surface area contributed by atoms with Crippen LogP contribution in [-0.4, -0.2) is 61.6 Å². The highest BCUT2D eigenvalue weighted by molar-refractivity contribution is 5.71. The number of carbonyl (C=O) groups excluding carboxylic acids is 2. The van der Waals surface area contributed by atoms with Crippen LogP contribution in [0, 0.1) is 0 Å². The number of hydrogen-bond acceptors (Lipinski definition) is 4. The molecule has 1 N–H and O–H groups in total. The van der Waals surface area contributed by atoms with Gasteiger partial charge in [0.05, 0.1) is 27.6 Å². The first-order valence-electron chi connectivity index (χ1n) is 6.90. The van der Waals surface area contributed by atoms with Crippen molar-refractivity contribution in [3.8, 4) is 0 Å². The van der Waals surface area contributed by atoms with Gasteiger partial charge in [0, 0.05) is 12.8 Å². The van der Waals surface area contributed by atoms with E-state index in [9.17, 15) is 14.4 Å². The topological polar surface area (TPSA) is 80.7 Å². The second-order valence-electron chi connectivity index (χ2n) is 5.95. The van der Waals surface area contributed by atoms with Gasteiger partial charge in [-0.15, -0.1) is 0 Å². The van der Waals surface area contributed by atoms with Crippen molar-refractivity contribution >= 4 is 18.2 Å². The summed E-state index contributed by atoms with van der Waals surface area (Å²) in [6, 6.07) is 0. The fraction of sp³-hybridized carbons (Fsp3) is 0.786. The second kappa shape index (κ2) is 9.47. The third-order valence-electron chi connectivity index (χ3n) is 2.65. The summed E-state index contributed by atoms with van der Waals surface area (Å²) in [6.45, 7) is 0.461. The normalized spacial score (nSPS) is 12.8. The van der Waals surface area contributed by atoms with Crippen LogP contribution in [-0.2, 0) is 19.1 Å². The number of carboxylic acid groups (broad SMARTS) is 1. The number of hydrogen-bond donors (Lipinski definition) is 1. The maximum atomic E-state index is 11.7. The van der Waals surface area contributed by atoms with Crippen molar-refractivity contribution in [2.24, 2.45) is 0 Å². The quantitative estimate of drug-likeness (QED) is 0.268. The summed E-state index contributed by atoms with van der Waals surface area (Å²) in [5.74, 6) is -1.34. The van der Waals surface area contributed by atoms with Gasteiger partial charge in [-0.3, -0.25) is 9.59 Å². The van der Waals surface area contributed by atoms with Crippen LogP contribution in [0.2, 0.25) is 0 Å². The molecule has 0 bridgehead atoms. The van der Waals surface area contributed by atoms with Crippen molar-refractivity contribution in [2.75, 3.05) is 27.7 Å². The summed E-state index contributed by atoms with van der Waals surface area (Å²) in [6.07, 6.45) is 3.10. The van der Waals surface area contributed by atoms with Gasteiger partial charge < -0.3 is 19.1 Å². The molecule has 0 saturated heterocycles. The van der Waals surface area contributed by atoms with Crippen molar-refractivity contribution in [3.63, 3.8) is 0 Å². The van der Waals surface area contributed by atoms with E-state index in [0.29, 0.717) is 23.9 Å². The molecule has 0 aliphatic heterocycles. The number of quaternary nitrogens is 1. The largest absolute Gasteiger partial charge is 0.481 e. The molecular formula is C14H26NO5+. The molecule has 0 aromatic carbocycles. The van der Waals surface area contributed by atoms with Gasteiger partial charge in [-0.05, 0) is 12.8 Å². The highest BCUT2D eigenvalue weighted by atomic mass is 16.5. The molecule has 0 rings (SSSR count). The molecule has 0 aliphatic carbocycles. The summed E-state index contributed by atoms with van der Waals surface area (Å²) in [4.78, 5) is 32.6. The number of aldehydes is 1. The summed E-state index contributed by atoms with van der Waals surface area (Å²) in [5.41, 5.74) is 0. The maximum Gasteiger partial charge on any atom is 0.307 e. The van der Waals surface area contributed by atoms with Crippen LogP contribution in [0.5, 0.6) is 0 Å². The molecule has 0 aliphatic rings. The average Bonchev–Trinajstić information content (AvgIpc) is 2.25. The van der Waals surface area contributed by atoms with E-state index in [1.54, 1.807) is 0 Å². The van der Waals surface area contributed by atoms with E-state index in [4.69, 9.17) is 9.84 Å². The Morgan fingerprint density at radius 1 is 1.20 bits per heavy atom. The molecule has 0 fully saturated rings. The number of likely N-dealkylation sites (N-methyl/N-ethyl adjacent to an activating group) is 1. The predicted molar refractivity (Wildman–Crippen MR) is 74.2 cm³/mol. The molecule has 1 atom stereocenters. The highest BCUT2D eigenvalue weighted by Gasteiger charge is 2.24. The van der Waals surface area contributed by atoms with Crippen LogP contribution in [0.4, 0.5) is 0 Å². The minimum Gasteiger partial charge on any atom is -0.481 e. The lowest BCUT2D eigenvalue weighted by atomic mass is 10.1. The average molecular weight is 288 g/mol. The second-order valence-corrected chi connectivity index (χ2v) is 5.95. The monoisotopic (exact) mass is 288 g/mol. The Bertz CT molecular complexity index is 322. The van der Waals surface area contributed by atoms with E-state index in [0.717, 1.165) is 19.1 Å². The van der Waals surface area contributed by atoms with E-state index in [-0.39, 0.29) is 18.8 Å². The molecule has 0 spiro atoms. The Morgan fingerprint density at radius 2 is 1.85 bits per heavy atom. The van der Waals surface area contributed by atoms with Crippen LogP contribution in [0.15, 0.2) is 0 Å². The Hall–Kier alpha value is -1.43. The summed E-state index contributed by atoms with van der Waals surface area (Å²) < 4.78 is 5.77. The molecular weight excluding hydrogens is 262 g/mol. The van der Waals surface area contributed by atoms with E-state index < -0.39 is 12.1 Å². The standard InChI is InChI=1S/C14H25NO5/c1-15(2,3)11-12(10-13(17)18)20-14(19)8-6-4-5-7-9-16/h9,12H,4-8,10-11H2,1-3H3/p+1. The Morgan fingerprint density at radius 3 is 2.35 bits per heavy atom. The molecule has 6 nitrogen and oxygen atoms in total. The van der Waals surface area contributed by atoms with Crippen molar-refractivity contribution in [2.45, 2.75) is 44.6 Å². The van der Waals surface area contributed by atoms with E-state index in [1.807, 2.05) is 21.1 Å². The molecule has 1 unspecified atom stereocenters. The van der Waals surface area contributed by atoms with Crippen LogP contribution in [0.25, 0.3) is 0 Å². The smallest absolute Gasteiger partial charge is 0.307 e. The number of carbonyl (C=O) groups is 3. The number of ether oxygens (including phenoxy) is 1. The van der Waals surface area contributed by atoms with Gasteiger partial charge in [0.15, 0.2) is 6.10 Å². The van der Waals surface area contributed by atoms with Crippen LogP contribution in [0.1, 0.15) is 38.5 Å². The first-order valence-corrected chi connectivity index (χ1v) is 6.90. The fourth-order valence-electron chi connectivity index (χ4n) is 1.87. The van der Waals surface area contributed by atoms with E-state index >= 15 is 0 Å². The van der Waals surface area contributed by atoms with Crippen molar-refractivity contribution in [3.05, 3.63) is 0 Å². The van der Waals surface area contributed by atoms with Gasteiger partial charge in [-0.1, -0.05) is 6.42 Å². The highest BCUT2D eigenvalue weighted by Crippen LogP contribution is 2.09. The van der Waals surface area contributed by atoms with Crippen molar-refractivity contribution in [1.82, 2.24) is 0 Å². The van der Waals surface area contributed by atoms with E-state index in [1.165, 1.54) is 0 Å². The molecule has 0 aromatic rings. The van der Waals surface area contributed by atoms with Crippen LogP contribution >= 0.6 is 0 Å². The molecule has 0 heterocycles. The third-order valence-corrected chi connectivity index (χ3v) is 2.65. The predicted octanol–water partition coefficient (Wildman–Crippen LogP) is 1.23. The fourth-order valence-corrected chi connectivity index (χ4v) is 1.87. The van der Waals surface area contributed by atoms with Gasteiger partial charge in [0.2, 0.25) is 0 Å². The van der Waals surface area contributed by atoms with Gasteiger partial charge in [-0.2, -0.15) is 0 Å². The number of unbranched alkanes of at least 4 members (excludes halogenated alkanes) is 3. The number of rotatable bonds is 11. The maximum absolute atomic E-state index is 11.7. The lowest BCUT2D eigenvalue weighted by Gasteiger charge is -2.28. The Balaban J connectivity index is 4.11. The van der Waals surface area contributed by atoms with E-state index in [2.05, 4.69) is 0 Å². The minimum atomic E-state index is -0.970. The lowest BCUT2D eigenvalue weighted by Crippen LogP contribution is -2.43. The molecule has 6 heteroatoms. The first kappa shape index (κ1) is 18.6. The third kappa shape index (κ3) is 11.6. The summed E-state index contributed by atoms with van der Waals surface area (Å²) >= 11 is 0. The first-order chi connectivity index (χ1) is 9.24. The number of aliphatic carboxylic acids is 1. The van der Waals surface area contributed by atoms with Gasteiger partial charge in [0.1, 0.15) is 12.8 Å². The van der Waals surface area contributed by atoms with Crippen LogP contribution < -0.4 is 0 Å². The van der Waals surface area contributed by atoms with Gasteiger partial charge >= 0.3 is 11.9 Å². The molecule has 0 amide bonds. The molecule has 20 heavy (non-hydrogen) atoms. The molecule has 116 valence electrons. The zero-order valence-corrected chi connectivity index (χ0v) is 12.6. The van der Waals surface area contributed by atoms with Crippen molar-refractivity contribution < 1.29 is 28.7 Å². The SMILES string of the molecule is C[N+](C)(C)CC(CC(=O)O)OC(=O)CCCCCC=O. The Kier molecular flexibility index (Phi) is 8.79. The number of esters is 1. The van der Waals surface area contributed by atoms with Gasteiger partial charge in [-0.25, -0.2) is 0 Å². The zero-order valence-electron chi connectivity index (χ0n) is 12.6. The summed E-state index contributed by atoms with van der Waals surface area (Å²) in [7, 11) is 5.76. The van der Waals surface area contributed by atoms with Crippen molar-refractivity contribution in [1.29, 1.82) is 0 Å². The van der Waals surface area contributed by atoms with Crippen LogP contribution in [0.3, 0.4) is 0 Å². The van der Waals surface area contributed by atoms with Gasteiger partial charge in [0.25, 0.3) is 0 Å². The molecule has 0 radical (unpaired) electrons. The zero-order chi connectivity index (χ0) is 15.6. The molecule has 0 aromatic heterocycles. The lowest BCUT2D eigenvalue weighted by molar-refractivity contribution is -0.873.